The highest BCUT2D eigenvalue weighted by Gasteiger charge is 2.32. The summed E-state index contributed by atoms with van der Waals surface area (Å²) in [5, 5.41) is 3.11. The zero-order valence-electron chi connectivity index (χ0n) is 20.3. The van der Waals surface area contributed by atoms with Crippen molar-refractivity contribution in [2.75, 3.05) is 26.7 Å². The second-order valence-corrected chi connectivity index (χ2v) is 9.31. The minimum Gasteiger partial charge on any atom is -0.496 e. The fourth-order valence-electron chi connectivity index (χ4n) is 4.89. The molecule has 1 saturated heterocycles. The monoisotopic (exact) mass is 478 g/mol. The van der Waals surface area contributed by atoms with Gasteiger partial charge in [0, 0.05) is 26.2 Å². The first-order valence-electron chi connectivity index (χ1n) is 12.1. The van der Waals surface area contributed by atoms with E-state index in [1.807, 2.05) is 36.4 Å². The summed E-state index contributed by atoms with van der Waals surface area (Å²) in [6.07, 6.45) is 1.38. The maximum Gasteiger partial charge on any atom is 0.224 e. The third-order valence-corrected chi connectivity index (χ3v) is 6.76. The molecule has 1 amide bonds. The molecule has 1 aliphatic heterocycles. The Labute approximate surface area is 205 Å². The van der Waals surface area contributed by atoms with Crippen LogP contribution in [0.4, 0.5) is 8.78 Å². The van der Waals surface area contributed by atoms with E-state index < -0.39 is 0 Å². The van der Waals surface area contributed by atoms with E-state index in [4.69, 9.17) is 4.74 Å². The highest BCUT2D eigenvalue weighted by Crippen LogP contribution is 2.32. The normalized spacial score (nSPS) is 18.3. The topological polar surface area (TPSA) is 41.6 Å². The number of aryl methyl sites for hydroxylation is 1. The molecule has 0 spiro atoms. The summed E-state index contributed by atoms with van der Waals surface area (Å²) in [6.45, 7) is 4.29. The zero-order valence-corrected chi connectivity index (χ0v) is 20.3. The predicted molar refractivity (Wildman–Crippen MR) is 133 cm³/mol. The standard InChI is InChI=1S/C29H32F2N2O2/c1-20-15-23(9-12-27(20)31)24-16-25(19-33(18-24)17-21-7-10-26(30)11-8-21)29(34)32-14-13-22-5-3-4-6-28(22)35-2/h3-12,15,24-25H,13-14,16-19H2,1-2H3,(H,32,34)/t24-,25+/m0/s1. The molecule has 184 valence electrons. The van der Waals surface area contributed by atoms with Crippen molar-refractivity contribution in [3.8, 4) is 5.75 Å². The summed E-state index contributed by atoms with van der Waals surface area (Å²) < 4.78 is 32.7. The lowest BCUT2D eigenvalue weighted by molar-refractivity contribution is -0.127. The van der Waals surface area contributed by atoms with Crippen molar-refractivity contribution in [1.29, 1.82) is 0 Å². The largest absolute Gasteiger partial charge is 0.496 e. The predicted octanol–water partition coefficient (Wildman–Crippen LogP) is 5.25. The minimum atomic E-state index is -0.264. The van der Waals surface area contributed by atoms with Crippen LogP contribution in [-0.4, -0.2) is 37.6 Å². The molecule has 1 N–H and O–H groups in total. The number of halogens is 2. The summed E-state index contributed by atoms with van der Waals surface area (Å²) in [6, 6.07) is 19.5. The Morgan fingerprint density at radius 3 is 2.57 bits per heavy atom. The van der Waals surface area contributed by atoms with Gasteiger partial charge in [-0.15, -0.1) is 0 Å². The van der Waals surface area contributed by atoms with Gasteiger partial charge in [0.05, 0.1) is 13.0 Å². The second kappa shape index (κ2) is 11.5. The molecular formula is C29H32F2N2O2. The lowest BCUT2D eigenvalue weighted by atomic mass is 9.83. The van der Waals surface area contributed by atoms with E-state index >= 15 is 0 Å². The summed E-state index contributed by atoms with van der Waals surface area (Å²) in [7, 11) is 1.65. The first kappa shape index (κ1) is 24.9. The number of para-hydroxylation sites is 1. The van der Waals surface area contributed by atoms with Crippen molar-refractivity contribution < 1.29 is 18.3 Å². The lowest BCUT2D eigenvalue weighted by Gasteiger charge is -2.37. The fourth-order valence-corrected chi connectivity index (χ4v) is 4.89. The smallest absolute Gasteiger partial charge is 0.224 e. The highest BCUT2D eigenvalue weighted by molar-refractivity contribution is 5.79. The van der Waals surface area contributed by atoms with Crippen LogP contribution in [0.5, 0.6) is 5.75 Å². The number of rotatable bonds is 8. The molecule has 1 aliphatic rings. The van der Waals surface area contributed by atoms with Crippen LogP contribution in [0.25, 0.3) is 0 Å². The number of piperidine rings is 1. The van der Waals surface area contributed by atoms with Gasteiger partial charge in [0.15, 0.2) is 0 Å². The van der Waals surface area contributed by atoms with Crippen LogP contribution < -0.4 is 10.1 Å². The van der Waals surface area contributed by atoms with Crippen LogP contribution in [0.15, 0.2) is 66.7 Å². The van der Waals surface area contributed by atoms with E-state index in [9.17, 15) is 13.6 Å². The van der Waals surface area contributed by atoms with Gasteiger partial charge in [0.1, 0.15) is 17.4 Å². The summed E-state index contributed by atoms with van der Waals surface area (Å²) in [5.74, 6) is 0.257. The van der Waals surface area contributed by atoms with Gasteiger partial charge in [-0.2, -0.15) is 0 Å². The number of likely N-dealkylation sites (tertiary alicyclic amines) is 1. The van der Waals surface area contributed by atoms with E-state index in [-0.39, 0.29) is 29.4 Å². The average Bonchev–Trinajstić information content (AvgIpc) is 2.87. The van der Waals surface area contributed by atoms with E-state index in [1.54, 1.807) is 26.2 Å². The van der Waals surface area contributed by atoms with Crippen LogP contribution in [0, 0.1) is 24.5 Å². The summed E-state index contributed by atoms with van der Waals surface area (Å²) in [5.41, 5.74) is 3.70. The summed E-state index contributed by atoms with van der Waals surface area (Å²) in [4.78, 5) is 15.4. The molecule has 3 aromatic rings. The SMILES string of the molecule is COc1ccccc1CCNC(=O)[C@@H]1C[C@H](c2ccc(F)c(C)c2)CN(Cc2ccc(F)cc2)C1. The van der Waals surface area contributed by atoms with Gasteiger partial charge in [-0.3, -0.25) is 9.69 Å². The number of amides is 1. The number of nitrogens with zero attached hydrogens (tertiary/aromatic N) is 1. The molecule has 0 unspecified atom stereocenters. The minimum absolute atomic E-state index is 0.0209. The molecule has 6 heteroatoms. The van der Waals surface area contributed by atoms with E-state index in [0.29, 0.717) is 38.0 Å². The van der Waals surface area contributed by atoms with Crippen molar-refractivity contribution in [2.24, 2.45) is 5.92 Å². The maximum atomic E-state index is 13.9. The molecular weight excluding hydrogens is 446 g/mol. The van der Waals surface area contributed by atoms with Gasteiger partial charge >= 0.3 is 0 Å². The maximum absolute atomic E-state index is 13.9. The quantitative estimate of drug-likeness (QED) is 0.481. The number of carbonyl (C=O) groups excluding carboxylic acids is 1. The molecule has 1 heterocycles. The van der Waals surface area contributed by atoms with Crippen LogP contribution in [0.2, 0.25) is 0 Å². The van der Waals surface area contributed by atoms with E-state index in [2.05, 4.69) is 10.2 Å². The first-order valence-corrected chi connectivity index (χ1v) is 12.1. The number of hydrogen-bond donors (Lipinski definition) is 1. The second-order valence-electron chi connectivity index (χ2n) is 9.31. The Morgan fingerprint density at radius 1 is 1.06 bits per heavy atom. The Bertz CT molecular complexity index is 1150. The van der Waals surface area contributed by atoms with Crippen molar-refractivity contribution in [3.63, 3.8) is 0 Å². The van der Waals surface area contributed by atoms with Gasteiger partial charge in [0.2, 0.25) is 5.91 Å². The fraction of sp³-hybridized carbons (Fsp3) is 0.345. The molecule has 4 nitrogen and oxygen atoms in total. The first-order chi connectivity index (χ1) is 16.9. The van der Waals surface area contributed by atoms with Crippen molar-refractivity contribution in [2.45, 2.75) is 32.2 Å². The molecule has 0 aliphatic carbocycles. The Morgan fingerprint density at radius 2 is 1.83 bits per heavy atom. The third kappa shape index (κ3) is 6.45. The Kier molecular flexibility index (Phi) is 8.13. The van der Waals surface area contributed by atoms with Crippen LogP contribution in [0.3, 0.4) is 0 Å². The molecule has 4 rings (SSSR count). The molecule has 2 atom stereocenters. The summed E-state index contributed by atoms with van der Waals surface area (Å²) >= 11 is 0. The molecule has 35 heavy (non-hydrogen) atoms. The van der Waals surface area contributed by atoms with Crippen molar-refractivity contribution in [1.82, 2.24) is 10.2 Å². The van der Waals surface area contributed by atoms with Gasteiger partial charge in [-0.25, -0.2) is 8.78 Å². The Hall–Kier alpha value is -3.25. The van der Waals surface area contributed by atoms with Gasteiger partial charge in [-0.1, -0.05) is 42.5 Å². The number of benzene rings is 3. The number of methoxy groups -OCH3 is 1. The van der Waals surface area contributed by atoms with Crippen LogP contribution in [0.1, 0.15) is 34.6 Å². The molecule has 3 aromatic carbocycles. The van der Waals surface area contributed by atoms with Gasteiger partial charge in [-0.05, 0) is 72.2 Å². The highest BCUT2D eigenvalue weighted by atomic mass is 19.1. The molecule has 0 aromatic heterocycles. The number of carbonyl (C=O) groups is 1. The van der Waals surface area contributed by atoms with Gasteiger partial charge < -0.3 is 10.1 Å². The number of nitrogens with one attached hydrogen (secondary N) is 1. The zero-order chi connectivity index (χ0) is 24.8. The average molecular weight is 479 g/mol. The lowest BCUT2D eigenvalue weighted by Crippen LogP contribution is -2.45. The third-order valence-electron chi connectivity index (χ3n) is 6.76. The van der Waals surface area contributed by atoms with E-state index in [1.165, 1.54) is 18.2 Å². The molecule has 0 saturated carbocycles. The van der Waals surface area contributed by atoms with Gasteiger partial charge in [0.25, 0.3) is 0 Å². The van der Waals surface area contributed by atoms with Crippen LogP contribution >= 0.6 is 0 Å². The van der Waals surface area contributed by atoms with Crippen LogP contribution in [-0.2, 0) is 17.8 Å². The number of hydrogen-bond acceptors (Lipinski definition) is 3. The Balaban J connectivity index is 1.46. The molecule has 1 fully saturated rings. The molecule has 0 bridgehead atoms. The number of ether oxygens (including phenoxy) is 1. The van der Waals surface area contributed by atoms with Crippen molar-refractivity contribution >= 4 is 5.91 Å². The molecule has 0 radical (unpaired) electrons. The van der Waals surface area contributed by atoms with E-state index in [0.717, 1.165) is 29.0 Å². The van der Waals surface area contributed by atoms with Crippen molar-refractivity contribution in [3.05, 3.63) is 101 Å².